The fraction of sp³-hybridized carbons (Fsp3) is 0.529. The van der Waals surface area contributed by atoms with Gasteiger partial charge in [0.15, 0.2) is 0 Å². The first-order chi connectivity index (χ1) is 8.56. The monoisotopic (exact) mass is 245 g/mol. The maximum Gasteiger partial charge on any atom is -0.00141 e. The number of rotatable bonds is 6. The van der Waals surface area contributed by atoms with Crippen molar-refractivity contribution in [3.8, 4) is 0 Å². The summed E-state index contributed by atoms with van der Waals surface area (Å²) in [5, 5.41) is 3.43. The molecule has 0 aliphatic carbocycles. The van der Waals surface area contributed by atoms with Gasteiger partial charge in [0.2, 0.25) is 0 Å². The normalized spacial score (nSPS) is 11.9. The molecule has 18 heavy (non-hydrogen) atoms. The van der Waals surface area contributed by atoms with Crippen LogP contribution in [-0.2, 0) is 0 Å². The Labute approximate surface area is 112 Å². The molecule has 1 aromatic carbocycles. The molecule has 0 saturated heterocycles. The first kappa shape index (κ1) is 15.0. The van der Waals surface area contributed by atoms with Crippen molar-refractivity contribution in [1.29, 1.82) is 0 Å². The van der Waals surface area contributed by atoms with Crippen LogP contribution in [-0.4, -0.2) is 13.1 Å². The van der Waals surface area contributed by atoms with Gasteiger partial charge in [-0.05, 0) is 81.5 Å². The molecule has 1 nitrogen and oxygen atoms in total. The maximum absolute atomic E-state index is 3.43. The van der Waals surface area contributed by atoms with Crippen molar-refractivity contribution < 1.29 is 0 Å². The van der Waals surface area contributed by atoms with Crippen LogP contribution in [0.5, 0.6) is 0 Å². The van der Waals surface area contributed by atoms with Crippen LogP contribution < -0.4 is 5.32 Å². The molecule has 0 radical (unpaired) electrons. The summed E-state index contributed by atoms with van der Waals surface area (Å²) in [4.78, 5) is 0. The van der Waals surface area contributed by atoms with Crippen molar-refractivity contribution in [2.45, 2.75) is 47.5 Å². The Morgan fingerprint density at radius 2 is 1.72 bits per heavy atom. The lowest BCUT2D eigenvalue weighted by atomic mass is 9.96. The van der Waals surface area contributed by atoms with E-state index < -0.39 is 0 Å². The SMILES string of the molecule is CCCNCCC=C(C)c1cc(C)c(C)cc1C. The summed E-state index contributed by atoms with van der Waals surface area (Å²) in [7, 11) is 0. The van der Waals surface area contributed by atoms with Gasteiger partial charge in [-0.2, -0.15) is 0 Å². The largest absolute Gasteiger partial charge is 0.316 e. The summed E-state index contributed by atoms with van der Waals surface area (Å²) in [5.74, 6) is 0. The van der Waals surface area contributed by atoms with Gasteiger partial charge >= 0.3 is 0 Å². The highest BCUT2D eigenvalue weighted by molar-refractivity contribution is 5.67. The average Bonchev–Trinajstić information content (AvgIpc) is 2.33. The molecule has 100 valence electrons. The topological polar surface area (TPSA) is 12.0 Å². The number of nitrogens with one attached hydrogen (secondary N) is 1. The van der Waals surface area contributed by atoms with E-state index in [1.54, 1.807) is 0 Å². The van der Waals surface area contributed by atoms with Gasteiger partial charge in [0, 0.05) is 0 Å². The number of aryl methyl sites for hydroxylation is 3. The van der Waals surface area contributed by atoms with Crippen LogP contribution in [0, 0.1) is 20.8 Å². The van der Waals surface area contributed by atoms with E-state index in [0.717, 1.165) is 19.5 Å². The smallest absolute Gasteiger partial charge is 0.00141 e. The summed E-state index contributed by atoms with van der Waals surface area (Å²) in [5.41, 5.74) is 6.94. The third-order valence-electron chi connectivity index (χ3n) is 3.46. The van der Waals surface area contributed by atoms with E-state index in [-0.39, 0.29) is 0 Å². The van der Waals surface area contributed by atoms with Gasteiger partial charge in [-0.25, -0.2) is 0 Å². The fourth-order valence-electron chi connectivity index (χ4n) is 2.19. The second-order valence-electron chi connectivity index (χ2n) is 5.18. The van der Waals surface area contributed by atoms with Crippen molar-refractivity contribution in [1.82, 2.24) is 5.32 Å². The van der Waals surface area contributed by atoms with Gasteiger partial charge in [-0.15, -0.1) is 0 Å². The maximum atomic E-state index is 3.43. The molecule has 0 aliphatic heterocycles. The highest BCUT2D eigenvalue weighted by Crippen LogP contribution is 2.22. The van der Waals surface area contributed by atoms with E-state index in [4.69, 9.17) is 0 Å². The van der Waals surface area contributed by atoms with Gasteiger partial charge in [0.1, 0.15) is 0 Å². The molecule has 0 aromatic heterocycles. The fourth-order valence-corrected chi connectivity index (χ4v) is 2.19. The minimum absolute atomic E-state index is 1.08. The number of benzene rings is 1. The van der Waals surface area contributed by atoms with Gasteiger partial charge in [0.25, 0.3) is 0 Å². The van der Waals surface area contributed by atoms with Crippen molar-refractivity contribution in [3.63, 3.8) is 0 Å². The van der Waals surface area contributed by atoms with Crippen LogP contribution in [0.25, 0.3) is 5.57 Å². The minimum atomic E-state index is 1.08. The molecule has 0 unspecified atom stereocenters. The lowest BCUT2D eigenvalue weighted by molar-refractivity contribution is 0.678. The van der Waals surface area contributed by atoms with Gasteiger partial charge in [-0.1, -0.05) is 25.1 Å². The Morgan fingerprint density at radius 3 is 2.39 bits per heavy atom. The molecular weight excluding hydrogens is 218 g/mol. The molecule has 0 amide bonds. The van der Waals surface area contributed by atoms with E-state index in [1.165, 1.54) is 34.2 Å². The van der Waals surface area contributed by atoms with E-state index in [2.05, 4.69) is 58.1 Å². The highest BCUT2D eigenvalue weighted by atomic mass is 14.8. The molecule has 1 heteroatoms. The second-order valence-corrected chi connectivity index (χ2v) is 5.18. The standard InChI is InChI=1S/C17H27N/c1-6-9-18-10-7-8-13(2)17-12-15(4)14(3)11-16(17)5/h8,11-12,18H,6-7,9-10H2,1-5H3. The molecule has 0 fully saturated rings. The van der Waals surface area contributed by atoms with Crippen molar-refractivity contribution >= 4 is 5.57 Å². The summed E-state index contributed by atoms with van der Waals surface area (Å²) >= 11 is 0. The minimum Gasteiger partial charge on any atom is -0.316 e. The molecule has 1 rings (SSSR count). The van der Waals surface area contributed by atoms with Crippen molar-refractivity contribution in [2.24, 2.45) is 0 Å². The third-order valence-corrected chi connectivity index (χ3v) is 3.46. The van der Waals surface area contributed by atoms with Gasteiger partial charge in [-0.3, -0.25) is 0 Å². The van der Waals surface area contributed by atoms with Crippen LogP contribution in [0.1, 0.15) is 48.9 Å². The van der Waals surface area contributed by atoms with E-state index in [9.17, 15) is 0 Å². The van der Waals surface area contributed by atoms with Crippen LogP contribution in [0.4, 0.5) is 0 Å². The molecule has 0 atom stereocenters. The van der Waals surface area contributed by atoms with Crippen molar-refractivity contribution in [2.75, 3.05) is 13.1 Å². The predicted octanol–water partition coefficient (Wildman–Crippen LogP) is 4.40. The number of hydrogen-bond donors (Lipinski definition) is 1. The molecule has 0 bridgehead atoms. The molecule has 1 N–H and O–H groups in total. The van der Waals surface area contributed by atoms with Crippen LogP contribution in [0.3, 0.4) is 0 Å². The van der Waals surface area contributed by atoms with Crippen molar-refractivity contribution in [3.05, 3.63) is 40.5 Å². The zero-order valence-electron chi connectivity index (χ0n) is 12.6. The molecule has 0 spiro atoms. The Balaban J connectivity index is 2.68. The highest BCUT2D eigenvalue weighted by Gasteiger charge is 2.03. The van der Waals surface area contributed by atoms with Gasteiger partial charge < -0.3 is 5.32 Å². The predicted molar refractivity (Wildman–Crippen MR) is 82.1 cm³/mol. The Hall–Kier alpha value is -1.08. The average molecular weight is 245 g/mol. The zero-order chi connectivity index (χ0) is 13.5. The van der Waals surface area contributed by atoms with E-state index >= 15 is 0 Å². The Morgan fingerprint density at radius 1 is 1.06 bits per heavy atom. The van der Waals surface area contributed by atoms with Crippen LogP contribution in [0.2, 0.25) is 0 Å². The summed E-state index contributed by atoms with van der Waals surface area (Å²) in [6.07, 6.45) is 4.66. The summed E-state index contributed by atoms with van der Waals surface area (Å²) < 4.78 is 0. The summed E-state index contributed by atoms with van der Waals surface area (Å²) in [6.45, 7) is 13.2. The molecule has 1 aromatic rings. The van der Waals surface area contributed by atoms with E-state index in [0.29, 0.717) is 0 Å². The number of hydrogen-bond acceptors (Lipinski definition) is 1. The zero-order valence-corrected chi connectivity index (χ0v) is 12.6. The quantitative estimate of drug-likeness (QED) is 0.732. The molecule has 0 saturated carbocycles. The molecular formula is C17H27N. The van der Waals surface area contributed by atoms with Crippen LogP contribution in [0.15, 0.2) is 18.2 Å². The Bertz CT molecular complexity index is 416. The number of allylic oxidation sites excluding steroid dienone is 1. The lowest BCUT2D eigenvalue weighted by Gasteiger charge is -2.10. The van der Waals surface area contributed by atoms with Crippen LogP contribution >= 0.6 is 0 Å². The summed E-state index contributed by atoms with van der Waals surface area (Å²) in [6, 6.07) is 4.60. The molecule has 0 heterocycles. The van der Waals surface area contributed by atoms with E-state index in [1.807, 2.05) is 0 Å². The first-order valence-corrected chi connectivity index (χ1v) is 7.02. The first-order valence-electron chi connectivity index (χ1n) is 7.02. The van der Waals surface area contributed by atoms with Gasteiger partial charge in [0.05, 0.1) is 0 Å². The Kier molecular flexibility index (Phi) is 6.14. The molecule has 0 aliphatic rings. The lowest BCUT2D eigenvalue weighted by Crippen LogP contribution is -2.15. The third kappa shape index (κ3) is 4.30. The second kappa shape index (κ2) is 7.38.